The predicted molar refractivity (Wildman–Crippen MR) is 95.2 cm³/mol. The number of piperidine rings is 1. The van der Waals surface area contributed by atoms with Gasteiger partial charge in [0.05, 0.1) is 11.4 Å². The monoisotopic (exact) mass is 379 g/mol. The van der Waals surface area contributed by atoms with Gasteiger partial charge in [-0.3, -0.25) is 9.59 Å². The Hall–Kier alpha value is -2.32. The molecule has 1 fully saturated rings. The molecule has 3 N–H and O–H groups in total. The second kappa shape index (κ2) is 8.37. The van der Waals surface area contributed by atoms with E-state index in [1.54, 1.807) is 23.6 Å². The Labute approximate surface area is 153 Å². The van der Waals surface area contributed by atoms with Gasteiger partial charge in [0.15, 0.2) is 11.6 Å². The van der Waals surface area contributed by atoms with E-state index in [0.29, 0.717) is 23.4 Å². The zero-order chi connectivity index (χ0) is 18.5. The van der Waals surface area contributed by atoms with Crippen LogP contribution in [0.4, 0.5) is 8.78 Å². The first-order valence-corrected chi connectivity index (χ1v) is 9.19. The lowest BCUT2D eigenvalue weighted by atomic mass is 9.86. The molecule has 2 heterocycles. The van der Waals surface area contributed by atoms with Gasteiger partial charge in [0.25, 0.3) is 5.91 Å². The largest absolute Gasteiger partial charge is 0.350 e. The summed E-state index contributed by atoms with van der Waals surface area (Å²) in [6.45, 7) is 1.11. The molecule has 3 rings (SSSR count). The predicted octanol–water partition coefficient (Wildman–Crippen LogP) is 2.02. The third-order valence-corrected chi connectivity index (χ3v) is 5.22. The molecule has 1 aromatic heterocycles. The van der Waals surface area contributed by atoms with Crippen LogP contribution in [0.3, 0.4) is 0 Å². The van der Waals surface area contributed by atoms with Crippen LogP contribution in [0, 0.1) is 11.6 Å². The molecule has 2 aromatic rings. The summed E-state index contributed by atoms with van der Waals surface area (Å²) in [5, 5.41) is 10.4. The molecule has 1 aliphatic rings. The van der Waals surface area contributed by atoms with Crippen molar-refractivity contribution in [3.05, 3.63) is 57.8 Å². The van der Waals surface area contributed by atoms with Crippen molar-refractivity contribution >= 4 is 23.2 Å². The van der Waals surface area contributed by atoms with E-state index in [0.717, 1.165) is 12.6 Å². The fraction of sp³-hybridized carbons (Fsp3) is 0.333. The van der Waals surface area contributed by atoms with Crippen LogP contribution >= 0.6 is 11.3 Å². The molecule has 8 heteroatoms. The van der Waals surface area contributed by atoms with Gasteiger partial charge in [-0.2, -0.15) is 0 Å². The summed E-state index contributed by atoms with van der Waals surface area (Å²) in [5.41, 5.74) is 0.651. The van der Waals surface area contributed by atoms with E-state index in [2.05, 4.69) is 16.0 Å². The highest BCUT2D eigenvalue weighted by atomic mass is 32.1. The van der Waals surface area contributed by atoms with E-state index in [4.69, 9.17) is 0 Å². The first-order chi connectivity index (χ1) is 12.5. The number of amides is 2. The van der Waals surface area contributed by atoms with Gasteiger partial charge in [0, 0.05) is 18.5 Å². The third kappa shape index (κ3) is 4.44. The Balaban J connectivity index is 1.60. The molecular formula is C18H19F2N3O2S. The molecule has 1 saturated heterocycles. The lowest BCUT2D eigenvalue weighted by Gasteiger charge is -2.33. The van der Waals surface area contributed by atoms with Gasteiger partial charge in [-0.15, -0.1) is 11.3 Å². The number of nitrogens with one attached hydrogen (secondary N) is 3. The van der Waals surface area contributed by atoms with E-state index in [1.165, 1.54) is 17.4 Å². The fourth-order valence-electron chi connectivity index (χ4n) is 3.07. The standard InChI is InChI=1S/C18H19F2N3O2S/c19-13-4-3-11(8-14(13)20)12-5-6-21-9-15(12)23-17(24)10-22-18(25)16-2-1-7-26-16/h1-4,7-8,12,15,21H,5-6,9-10H2,(H,22,25)(H,23,24). The van der Waals surface area contributed by atoms with E-state index in [9.17, 15) is 18.4 Å². The molecule has 2 amide bonds. The number of hydrogen-bond acceptors (Lipinski definition) is 4. The van der Waals surface area contributed by atoms with Crippen LogP contribution in [0.25, 0.3) is 0 Å². The minimum absolute atomic E-state index is 0.122. The Kier molecular flexibility index (Phi) is 5.95. The van der Waals surface area contributed by atoms with Crippen molar-refractivity contribution in [3.8, 4) is 0 Å². The quantitative estimate of drug-likeness (QED) is 0.744. The van der Waals surface area contributed by atoms with Crippen molar-refractivity contribution in [2.24, 2.45) is 0 Å². The van der Waals surface area contributed by atoms with Crippen LogP contribution in [-0.4, -0.2) is 37.5 Å². The molecule has 0 saturated carbocycles. The van der Waals surface area contributed by atoms with Crippen LogP contribution in [0.15, 0.2) is 35.7 Å². The van der Waals surface area contributed by atoms with E-state index >= 15 is 0 Å². The number of halogens is 2. The van der Waals surface area contributed by atoms with Crippen LogP contribution in [0.1, 0.15) is 27.6 Å². The minimum atomic E-state index is -0.894. The Bertz CT molecular complexity index is 783. The molecule has 1 aromatic carbocycles. The lowest BCUT2D eigenvalue weighted by molar-refractivity contribution is -0.121. The molecule has 0 spiro atoms. The summed E-state index contributed by atoms with van der Waals surface area (Å²) in [7, 11) is 0. The molecule has 0 bridgehead atoms. The zero-order valence-electron chi connectivity index (χ0n) is 13.9. The van der Waals surface area contributed by atoms with Crippen LogP contribution in [0.2, 0.25) is 0 Å². The topological polar surface area (TPSA) is 70.2 Å². The van der Waals surface area contributed by atoms with Crippen LogP contribution in [-0.2, 0) is 4.79 Å². The number of thiophene rings is 1. The van der Waals surface area contributed by atoms with Crippen LogP contribution in [0.5, 0.6) is 0 Å². The maximum atomic E-state index is 13.5. The number of rotatable bonds is 5. The molecule has 2 unspecified atom stereocenters. The number of carbonyl (C=O) groups excluding carboxylic acids is 2. The maximum Gasteiger partial charge on any atom is 0.261 e. The molecule has 5 nitrogen and oxygen atoms in total. The summed E-state index contributed by atoms with van der Waals surface area (Å²) < 4.78 is 26.7. The summed E-state index contributed by atoms with van der Waals surface area (Å²) in [6.07, 6.45) is 0.692. The third-order valence-electron chi connectivity index (χ3n) is 4.35. The highest BCUT2D eigenvalue weighted by molar-refractivity contribution is 7.12. The van der Waals surface area contributed by atoms with Crippen molar-refractivity contribution in [2.75, 3.05) is 19.6 Å². The molecule has 138 valence electrons. The molecule has 0 aliphatic carbocycles. The average molecular weight is 379 g/mol. The second-order valence-corrected chi connectivity index (χ2v) is 7.05. The number of benzene rings is 1. The average Bonchev–Trinajstić information content (AvgIpc) is 3.17. The van der Waals surface area contributed by atoms with E-state index in [-0.39, 0.29) is 30.3 Å². The molecule has 0 radical (unpaired) electrons. The molecular weight excluding hydrogens is 360 g/mol. The van der Waals surface area contributed by atoms with Crippen molar-refractivity contribution < 1.29 is 18.4 Å². The number of hydrogen-bond donors (Lipinski definition) is 3. The van der Waals surface area contributed by atoms with Gasteiger partial charge in [0.2, 0.25) is 5.91 Å². The van der Waals surface area contributed by atoms with Gasteiger partial charge < -0.3 is 16.0 Å². The lowest BCUT2D eigenvalue weighted by Crippen LogP contribution is -2.52. The molecule has 1 aliphatic heterocycles. The Morgan fingerprint density at radius 1 is 1.23 bits per heavy atom. The van der Waals surface area contributed by atoms with Crippen molar-refractivity contribution in [1.82, 2.24) is 16.0 Å². The first-order valence-electron chi connectivity index (χ1n) is 8.31. The van der Waals surface area contributed by atoms with E-state index in [1.807, 2.05) is 0 Å². The minimum Gasteiger partial charge on any atom is -0.350 e. The zero-order valence-corrected chi connectivity index (χ0v) is 14.7. The summed E-state index contributed by atoms with van der Waals surface area (Å²) >= 11 is 1.30. The Morgan fingerprint density at radius 2 is 2.08 bits per heavy atom. The normalized spacial score (nSPS) is 19.8. The van der Waals surface area contributed by atoms with Crippen molar-refractivity contribution in [1.29, 1.82) is 0 Å². The smallest absolute Gasteiger partial charge is 0.261 e. The van der Waals surface area contributed by atoms with Gasteiger partial charge in [-0.05, 0) is 42.1 Å². The highest BCUT2D eigenvalue weighted by Gasteiger charge is 2.28. The summed E-state index contributed by atoms with van der Waals surface area (Å²) in [5.74, 6) is -2.53. The van der Waals surface area contributed by atoms with Gasteiger partial charge in [-0.25, -0.2) is 8.78 Å². The number of carbonyl (C=O) groups is 2. The van der Waals surface area contributed by atoms with Gasteiger partial charge in [0.1, 0.15) is 0 Å². The van der Waals surface area contributed by atoms with Gasteiger partial charge >= 0.3 is 0 Å². The highest BCUT2D eigenvalue weighted by Crippen LogP contribution is 2.27. The maximum absolute atomic E-state index is 13.5. The molecule has 2 atom stereocenters. The summed E-state index contributed by atoms with van der Waals surface area (Å²) in [4.78, 5) is 24.6. The van der Waals surface area contributed by atoms with Crippen LogP contribution < -0.4 is 16.0 Å². The van der Waals surface area contributed by atoms with Gasteiger partial charge in [-0.1, -0.05) is 12.1 Å². The van der Waals surface area contributed by atoms with E-state index < -0.39 is 11.6 Å². The van der Waals surface area contributed by atoms with Crippen molar-refractivity contribution in [2.45, 2.75) is 18.4 Å². The SMILES string of the molecule is O=C(CNC(=O)c1cccs1)NC1CNCCC1c1ccc(F)c(F)c1. The Morgan fingerprint density at radius 3 is 2.81 bits per heavy atom. The molecule has 26 heavy (non-hydrogen) atoms. The van der Waals surface area contributed by atoms with Crippen molar-refractivity contribution in [3.63, 3.8) is 0 Å². The first kappa shape index (κ1) is 18.5. The summed E-state index contributed by atoms with van der Waals surface area (Å²) in [6, 6.07) is 7.02. The second-order valence-electron chi connectivity index (χ2n) is 6.11. The fourth-order valence-corrected chi connectivity index (χ4v) is 3.71.